The number of carbonyl (C=O) groups excluding carboxylic acids is 2. The van der Waals surface area contributed by atoms with Gasteiger partial charge in [-0.2, -0.15) is 0 Å². The van der Waals surface area contributed by atoms with E-state index in [1.54, 1.807) is 29.2 Å². The number of ketones is 1. The van der Waals surface area contributed by atoms with Gasteiger partial charge in [-0.1, -0.05) is 49.7 Å². The van der Waals surface area contributed by atoms with Gasteiger partial charge in [-0.25, -0.2) is 0 Å². The van der Waals surface area contributed by atoms with Gasteiger partial charge in [-0.15, -0.1) is 0 Å². The van der Waals surface area contributed by atoms with E-state index in [0.717, 1.165) is 11.1 Å². The molecule has 1 amide bonds. The Kier molecular flexibility index (Phi) is 6.32. The first-order valence-corrected chi connectivity index (χ1v) is 11.3. The maximum absolute atomic E-state index is 13.6. The molecule has 2 aromatic carbocycles. The minimum Gasteiger partial charge on any atom is -0.503 e. The van der Waals surface area contributed by atoms with Gasteiger partial charge in [0.15, 0.2) is 11.5 Å². The zero-order valence-corrected chi connectivity index (χ0v) is 19.9. The number of amides is 1. The van der Waals surface area contributed by atoms with Crippen LogP contribution in [-0.4, -0.2) is 53.8 Å². The number of hydrogen-bond donors (Lipinski definition) is 1. The SMILES string of the molecule is CC(C)c1ccc(C2C(C(=O)c3cc4cc(Cl)ccc4o3)=C(O)C(=O)N2CCN(C)C)cc1. The van der Waals surface area contributed by atoms with Crippen molar-refractivity contribution < 1.29 is 19.1 Å². The maximum Gasteiger partial charge on any atom is 0.290 e. The van der Waals surface area contributed by atoms with Crippen LogP contribution in [-0.2, 0) is 4.79 Å². The molecule has 0 aliphatic carbocycles. The highest BCUT2D eigenvalue weighted by molar-refractivity contribution is 6.31. The van der Waals surface area contributed by atoms with Crippen LogP contribution in [0.4, 0.5) is 0 Å². The number of hydrogen-bond acceptors (Lipinski definition) is 5. The predicted molar refractivity (Wildman–Crippen MR) is 129 cm³/mol. The van der Waals surface area contributed by atoms with E-state index in [4.69, 9.17) is 16.0 Å². The third kappa shape index (κ3) is 4.41. The smallest absolute Gasteiger partial charge is 0.290 e. The summed E-state index contributed by atoms with van der Waals surface area (Å²) < 4.78 is 5.76. The minimum absolute atomic E-state index is 0.0289. The van der Waals surface area contributed by atoms with Crippen LogP contribution in [0.5, 0.6) is 0 Å². The van der Waals surface area contributed by atoms with Gasteiger partial charge in [0.05, 0.1) is 11.6 Å². The van der Waals surface area contributed by atoms with Gasteiger partial charge in [0.25, 0.3) is 5.91 Å². The lowest BCUT2D eigenvalue weighted by atomic mass is 9.93. The number of nitrogens with zero attached hydrogens (tertiary/aromatic N) is 2. The predicted octanol–water partition coefficient (Wildman–Crippen LogP) is 5.35. The van der Waals surface area contributed by atoms with E-state index in [0.29, 0.717) is 35.0 Å². The van der Waals surface area contributed by atoms with E-state index in [9.17, 15) is 14.7 Å². The lowest BCUT2D eigenvalue weighted by Crippen LogP contribution is -2.36. The Morgan fingerprint density at radius 3 is 2.48 bits per heavy atom. The molecule has 0 radical (unpaired) electrons. The molecule has 4 rings (SSSR count). The second kappa shape index (κ2) is 9.04. The molecule has 1 atom stereocenters. The zero-order chi connectivity index (χ0) is 23.9. The Balaban J connectivity index is 1.78. The van der Waals surface area contributed by atoms with Crippen molar-refractivity contribution in [2.75, 3.05) is 27.2 Å². The second-order valence-electron chi connectivity index (χ2n) is 8.91. The van der Waals surface area contributed by atoms with Crippen molar-refractivity contribution in [2.45, 2.75) is 25.8 Å². The van der Waals surface area contributed by atoms with Crippen LogP contribution in [0.25, 0.3) is 11.0 Å². The number of likely N-dealkylation sites (N-methyl/N-ethyl adjacent to an activating group) is 1. The van der Waals surface area contributed by atoms with Crippen molar-refractivity contribution in [3.63, 3.8) is 0 Å². The molecule has 1 N–H and O–H groups in total. The average molecular weight is 467 g/mol. The third-order valence-corrected chi connectivity index (χ3v) is 6.19. The normalized spacial score (nSPS) is 16.6. The fraction of sp³-hybridized carbons (Fsp3) is 0.308. The lowest BCUT2D eigenvalue weighted by molar-refractivity contribution is -0.129. The molecular weight excluding hydrogens is 440 g/mol. The van der Waals surface area contributed by atoms with E-state index in [-0.39, 0.29) is 11.3 Å². The summed E-state index contributed by atoms with van der Waals surface area (Å²) in [6, 6.07) is 13.8. The summed E-state index contributed by atoms with van der Waals surface area (Å²) >= 11 is 6.06. The number of furan rings is 1. The largest absolute Gasteiger partial charge is 0.503 e. The van der Waals surface area contributed by atoms with Crippen molar-refractivity contribution in [3.8, 4) is 0 Å². The number of halogens is 1. The van der Waals surface area contributed by atoms with Crippen molar-refractivity contribution >= 4 is 34.3 Å². The van der Waals surface area contributed by atoms with Gasteiger partial charge in [-0.3, -0.25) is 9.59 Å². The number of rotatable bonds is 7. The van der Waals surface area contributed by atoms with Gasteiger partial charge < -0.3 is 19.3 Å². The van der Waals surface area contributed by atoms with E-state index in [1.807, 2.05) is 43.3 Å². The number of benzene rings is 2. The summed E-state index contributed by atoms with van der Waals surface area (Å²) in [6.07, 6.45) is 0. The second-order valence-corrected chi connectivity index (χ2v) is 9.35. The molecule has 1 aliphatic heterocycles. The number of aliphatic hydroxyl groups excluding tert-OH is 1. The molecule has 1 aliphatic rings. The molecule has 7 heteroatoms. The molecule has 2 heterocycles. The highest BCUT2D eigenvalue weighted by Crippen LogP contribution is 2.40. The molecule has 0 saturated carbocycles. The van der Waals surface area contributed by atoms with Crippen LogP contribution < -0.4 is 0 Å². The van der Waals surface area contributed by atoms with E-state index in [1.165, 1.54) is 0 Å². The van der Waals surface area contributed by atoms with Gasteiger partial charge in [0.2, 0.25) is 5.78 Å². The van der Waals surface area contributed by atoms with E-state index in [2.05, 4.69) is 13.8 Å². The summed E-state index contributed by atoms with van der Waals surface area (Å²) in [5, 5.41) is 12.0. The fourth-order valence-corrected chi connectivity index (χ4v) is 4.27. The van der Waals surface area contributed by atoms with Crippen LogP contribution in [0.3, 0.4) is 0 Å². The first-order chi connectivity index (χ1) is 15.7. The standard InChI is InChI=1S/C26H27ClN2O4/c1-15(2)16-5-7-17(8-6-16)23-22(25(31)26(32)29(23)12-11-28(3)4)24(30)21-14-18-13-19(27)9-10-20(18)33-21/h5-10,13-15,23,31H,11-12H2,1-4H3. The zero-order valence-electron chi connectivity index (χ0n) is 19.1. The van der Waals surface area contributed by atoms with Crippen molar-refractivity contribution in [1.29, 1.82) is 0 Å². The van der Waals surface area contributed by atoms with Crippen LogP contribution in [0.2, 0.25) is 5.02 Å². The maximum atomic E-state index is 13.6. The molecule has 0 fully saturated rings. The van der Waals surface area contributed by atoms with Crippen molar-refractivity contribution in [2.24, 2.45) is 0 Å². The molecule has 6 nitrogen and oxygen atoms in total. The van der Waals surface area contributed by atoms with Gasteiger partial charge >= 0.3 is 0 Å². The molecular formula is C26H27ClN2O4. The number of carbonyl (C=O) groups is 2. The Bertz CT molecular complexity index is 1240. The van der Waals surface area contributed by atoms with Crippen molar-refractivity contribution in [1.82, 2.24) is 9.80 Å². The molecule has 1 aromatic heterocycles. The molecule has 172 valence electrons. The minimum atomic E-state index is -0.706. The highest BCUT2D eigenvalue weighted by Gasteiger charge is 2.44. The highest BCUT2D eigenvalue weighted by atomic mass is 35.5. The van der Waals surface area contributed by atoms with E-state index < -0.39 is 23.5 Å². The number of Topliss-reactive ketones (excluding diaryl/α,β-unsaturated/α-hetero) is 1. The Hall–Kier alpha value is -3.09. The van der Waals surface area contributed by atoms with Gasteiger partial charge in [-0.05, 0) is 55.4 Å². The Labute approximate surface area is 198 Å². The summed E-state index contributed by atoms with van der Waals surface area (Å²) in [7, 11) is 3.82. The molecule has 1 unspecified atom stereocenters. The van der Waals surface area contributed by atoms with Crippen LogP contribution in [0.15, 0.2) is 64.3 Å². The first-order valence-electron chi connectivity index (χ1n) is 10.9. The Morgan fingerprint density at radius 1 is 1.15 bits per heavy atom. The monoisotopic (exact) mass is 466 g/mol. The van der Waals surface area contributed by atoms with Crippen molar-refractivity contribution in [3.05, 3.63) is 81.8 Å². The molecule has 3 aromatic rings. The summed E-state index contributed by atoms with van der Waals surface area (Å²) in [6.45, 7) is 5.15. The fourth-order valence-electron chi connectivity index (χ4n) is 4.09. The average Bonchev–Trinajstić information content (AvgIpc) is 3.30. The van der Waals surface area contributed by atoms with Crippen LogP contribution in [0, 0.1) is 0 Å². The summed E-state index contributed by atoms with van der Waals surface area (Å²) in [5.74, 6) is -1.20. The summed E-state index contributed by atoms with van der Waals surface area (Å²) in [4.78, 5) is 30.1. The lowest BCUT2D eigenvalue weighted by Gasteiger charge is -2.28. The topological polar surface area (TPSA) is 74.0 Å². The first kappa shape index (κ1) is 23.1. The van der Waals surface area contributed by atoms with Gasteiger partial charge in [0, 0.05) is 23.5 Å². The van der Waals surface area contributed by atoms with Crippen LogP contribution >= 0.6 is 11.6 Å². The van der Waals surface area contributed by atoms with Crippen LogP contribution in [0.1, 0.15) is 47.5 Å². The molecule has 0 bridgehead atoms. The molecule has 0 saturated heterocycles. The van der Waals surface area contributed by atoms with Gasteiger partial charge in [0.1, 0.15) is 5.58 Å². The number of fused-ring (bicyclic) bond motifs is 1. The molecule has 33 heavy (non-hydrogen) atoms. The quantitative estimate of drug-likeness (QED) is 0.475. The third-order valence-electron chi connectivity index (χ3n) is 5.96. The Morgan fingerprint density at radius 2 is 1.85 bits per heavy atom. The summed E-state index contributed by atoms with van der Waals surface area (Å²) in [5.41, 5.74) is 2.45. The number of aliphatic hydroxyl groups is 1. The molecule has 0 spiro atoms. The van der Waals surface area contributed by atoms with E-state index >= 15 is 0 Å².